The van der Waals surface area contributed by atoms with E-state index in [4.69, 9.17) is 26.2 Å². The highest BCUT2D eigenvalue weighted by molar-refractivity contribution is 6.30. The first-order chi connectivity index (χ1) is 15.9. The van der Waals surface area contributed by atoms with Crippen LogP contribution in [0.2, 0.25) is 5.02 Å². The summed E-state index contributed by atoms with van der Waals surface area (Å²) in [5.41, 5.74) is 2.49. The molecule has 1 amide bonds. The van der Waals surface area contributed by atoms with E-state index in [0.29, 0.717) is 23.7 Å². The average molecular weight is 475 g/mol. The molecule has 8 nitrogen and oxygen atoms in total. The van der Waals surface area contributed by atoms with Crippen LogP contribution in [0.4, 0.5) is 0 Å². The van der Waals surface area contributed by atoms with Crippen LogP contribution in [0.1, 0.15) is 17.5 Å². The van der Waals surface area contributed by atoms with Gasteiger partial charge in [-0.3, -0.25) is 9.69 Å². The molecular formula is C24H27ClN2O6. The maximum absolute atomic E-state index is 12.4. The SMILES string of the molecule is O=C(O)COCC(=O)N[C@@H]1C[C@@H](Oc2cccc(Cl)c2)[C@H](O)[C@H]1N1CCc2ccccc2C1. The van der Waals surface area contributed by atoms with E-state index in [1.165, 1.54) is 11.1 Å². The van der Waals surface area contributed by atoms with Crippen LogP contribution >= 0.6 is 11.6 Å². The summed E-state index contributed by atoms with van der Waals surface area (Å²) in [7, 11) is 0. The van der Waals surface area contributed by atoms with E-state index in [-0.39, 0.29) is 12.6 Å². The number of ether oxygens (including phenoxy) is 2. The number of rotatable bonds is 8. The van der Waals surface area contributed by atoms with Crippen molar-refractivity contribution in [3.05, 3.63) is 64.7 Å². The lowest BCUT2D eigenvalue weighted by Crippen LogP contribution is -2.55. The number of carboxylic acid groups (broad SMARTS) is 1. The van der Waals surface area contributed by atoms with Crippen LogP contribution in [0.15, 0.2) is 48.5 Å². The molecule has 2 aliphatic rings. The number of halogens is 1. The fraction of sp³-hybridized carbons (Fsp3) is 0.417. The van der Waals surface area contributed by atoms with Crippen molar-refractivity contribution in [1.29, 1.82) is 0 Å². The first-order valence-corrected chi connectivity index (χ1v) is 11.3. The molecule has 0 unspecified atom stereocenters. The number of fused-ring (bicyclic) bond motifs is 1. The van der Waals surface area contributed by atoms with Crippen LogP contribution < -0.4 is 10.1 Å². The monoisotopic (exact) mass is 474 g/mol. The Hall–Kier alpha value is -2.65. The smallest absolute Gasteiger partial charge is 0.329 e. The van der Waals surface area contributed by atoms with Gasteiger partial charge in [-0.2, -0.15) is 0 Å². The van der Waals surface area contributed by atoms with Crippen molar-refractivity contribution in [1.82, 2.24) is 10.2 Å². The van der Waals surface area contributed by atoms with E-state index >= 15 is 0 Å². The normalized spacial score (nSPS) is 24.8. The molecule has 0 bridgehead atoms. The van der Waals surface area contributed by atoms with Crippen molar-refractivity contribution in [2.45, 2.75) is 43.7 Å². The Bertz CT molecular complexity index is 1000. The van der Waals surface area contributed by atoms with Gasteiger partial charge in [0.2, 0.25) is 5.91 Å². The van der Waals surface area contributed by atoms with Crippen molar-refractivity contribution in [3.63, 3.8) is 0 Å². The molecule has 2 aromatic carbocycles. The number of aliphatic hydroxyl groups is 1. The van der Waals surface area contributed by atoms with Crippen LogP contribution in [0.3, 0.4) is 0 Å². The molecule has 4 rings (SSSR count). The number of aliphatic hydroxyl groups excluding tert-OH is 1. The van der Waals surface area contributed by atoms with Crippen LogP contribution in [0.25, 0.3) is 0 Å². The van der Waals surface area contributed by atoms with Gasteiger partial charge in [0.1, 0.15) is 31.2 Å². The molecule has 1 aliphatic heterocycles. The predicted molar refractivity (Wildman–Crippen MR) is 121 cm³/mol. The van der Waals surface area contributed by atoms with Crippen molar-refractivity contribution in [3.8, 4) is 5.75 Å². The highest BCUT2D eigenvalue weighted by Gasteiger charge is 2.47. The summed E-state index contributed by atoms with van der Waals surface area (Å²) in [4.78, 5) is 25.3. The molecule has 1 saturated carbocycles. The molecular weight excluding hydrogens is 448 g/mol. The third kappa shape index (κ3) is 5.83. The van der Waals surface area contributed by atoms with Gasteiger partial charge in [0.15, 0.2) is 0 Å². The molecule has 1 fully saturated rings. The quantitative estimate of drug-likeness (QED) is 0.536. The van der Waals surface area contributed by atoms with Crippen LogP contribution in [-0.4, -0.2) is 71.0 Å². The largest absolute Gasteiger partial charge is 0.488 e. The number of carbonyl (C=O) groups excluding carboxylic acids is 1. The molecule has 1 aliphatic carbocycles. The Morgan fingerprint density at radius 3 is 2.67 bits per heavy atom. The minimum Gasteiger partial charge on any atom is -0.488 e. The van der Waals surface area contributed by atoms with Gasteiger partial charge in [-0.15, -0.1) is 0 Å². The molecule has 0 radical (unpaired) electrons. The van der Waals surface area contributed by atoms with Crippen molar-refractivity contribution >= 4 is 23.5 Å². The fourth-order valence-electron chi connectivity index (χ4n) is 4.69. The van der Waals surface area contributed by atoms with Gasteiger partial charge in [-0.05, 0) is 35.7 Å². The summed E-state index contributed by atoms with van der Waals surface area (Å²) in [6.45, 7) is 0.482. The molecule has 0 spiro atoms. The van der Waals surface area contributed by atoms with Crippen LogP contribution in [0, 0.1) is 0 Å². The molecule has 176 valence electrons. The van der Waals surface area contributed by atoms with Gasteiger partial charge < -0.3 is 25.0 Å². The number of amides is 1. The summed E-state index contributed by atoms with van der Waals surface area (Å²) in [5.74, 6) is -1.02. The maximum Gasteiger partial charge on any atom is 0.329 e. The standard InChI is InChI=1S/C24H27ClN2O6/c25-17-6-3-7-18(10-17)33-20-11-19(26-21(28)13-32-14-22(29)30)23(24(20)31)27-9-8-15-4-1-2-5-16(15)12-27/h1-7,10,19-20,23-24,31H,8-9,11-14H2,(H,26,28)(H,29,30)/t19-,20-,23+,24+/m1/s1. The van der Waals surface area contributed by atoms with Crippen LogP contribution in [0.5, 0.6) is 5.75 Å². The van der Waals surface area contributed by atoms with Gasteiger partial charge in [0.05, 0.1) is 12.1 Å². The summed E-state index contributed by atoms with van der Waals surface area (Å²) < 4.78 is 11.0. The number of benzene rings is 2. The van der Waals surface area contributed by atoms with E-state index in [9.17, 15) is 14.7 Å². The Kier molecular flexibility index (Phi) is 7.49. The van der Waals surface area contributed by atoms with Gasteiger partial charge in [0, 0.05) is 24.5 Å². The zero-order chi connectivity index (χ0) is 23.4. The lowest BCUT2D eigenvalue weighted by molar-refractivity contribution is -0.143. The Labute approximate surface area is 197 Å². The van der Waals surface area contributed by atoms with E-state index in [0.717, 1.165) is 13.0 Å². The third-order valence-electron chi connectivity index (χ3n) is 6.10. The first kappa shape index (κ1) is 23.5. The lowest BCUT2D eigenvalue weighted by Gasteiger charge is -2.38. The summed E-state index contributed by atoms with van der Waals surface area (Å²) in [6, 6.07) is 14.4. The first-order valence-electron chi connectivity index (χ1n) is 10.9. The molecule has 2 aromatic rings. The second kappa shape index (κ2) is 10.5. The Morgan fingerprint density at radius 2 is 1.91 bits per heavy atom. The number of hydrogen-bond acceptors (Lipinski definition) is 6. The van der Waals surface area contributed by atoms with Gasteiger partial charge in [-0.25, -0.2) is 4.79 Å². The second-order valence-electron chi connectivity index (χ2n) is 8.38. The van der Waals surface area contributed by atoms with Gasteiger partial charge in [0.25, 0.3) is 0 Å². The Morgan fingerprint density at radius 1 is 1.12 bits per heavy atom. The zero-order valence-electron chi connectivity index (χ0n) is 18.0. The number of nitrogens with zero attached hydrogens (tertiary/aromatic N) is 1. The summed E-state index contributed by atoms with van der Waals surface area (Å²) in [5, 5.41) is 23.4. The summed E-state index contributed by atoms with van der Waals surface area (Å²) >= 11 is 6.07. The molecule has 3 N–H and O–H groups in total. The van der Waals surface area contributed by atoms with E-state index < -0.39 is 36.7 Å². The van der Waals surface area contributed by atoms with Crippen molar-refractivity contribution in [2.24, 2.45) is 0 Å². The number of hydrogen-bond donors (Lipinski definition) is 3. The van der Waals surface area contributed by atoms with E-state index in [2.05, 4.69) is 22.3 Å². The number of carbonyl (C=O) groups is 2. The molecule has 9 heteroatoms. The Balaban J connectivity index is 1.50. The fourth-order valence-corrected chi connectivity index (χ4v) is 4.87. The van der Waals surface area contributed by atoms with Gasteiger partial charge >= 0.3 is 5.97 Å². The highest BCUT2D eigenvalue weighted by atomic mass is 35.5. The van der Waals surface area contributed by atoms with E-state index in [1.54, 1.807) is 24.3 Å². The summed E-state index contributed by atoms with van der Waals surface area (Å²) in [6.07, 6.45) is -0.154. The minimum atomic E-state index is -1.14. The molecule has 33 heavy (non-hydrogen) atoms. The second-order valence-corrected chi connectivity index (χ2v) is 8.82. The molecule has 4 atom stereocenters. The van der Waals surface area contributed by atoms with Crippen molar-refractivity contribution in [2.75, 3.05) is 19.8 Å². The molecule has 0 aromatic heterocycles. The zero-order valence-corrected chi connectivity index (χ0v) is 18.8. The maximum atomic E-state index is 12.4. The number of nitrogens with one attached hydrogen (secondary N) is 1. The minimum absolute atomic E-state index is 0.367. The highest BCUT2D eigenvalue weighted by Crippen LogP contribution is 2.33. The lowest BCUT2D eigenvalue weighted by atomic mass is 9.97. The topological polar surface area (TPSA) is 108 Å². The predicted octanol–water partition coefficient (Wildman–Crippen LogP) is 1.86. The molecule has 0 saturated heterocycles. The third-order valence-corrected chi connectivity index (χ3v) is 6.33. The number of aliphatic carboxylic acids is 1. The van der Waals surface area contributed by atoms with Crippen LogP contribution in [-0.2, 0) is 27.3 Å². The van der Waals surface area contributed by atoms with Crippen molar-refractivity contribution < 1.29 is 29.3 Å². The van der Waals surface area contributed by atoms with E-state index in [1.807, 2.05) is 12.1 Å². The number of carboxylic acids is 1. The van der Waals surface area contributed by atoms with Gasteiger partial charge in [-0.1, -0.05) is 41.9 Å². The average Bonchev–Trinajstić information content (AvgIpc) is 3.07. The molecule has 1 heterocycles.